The first kappa shape index (κ1) is 17.3. The van der Waals surface area contributed by atoms with Crippen LogP contribution in [0.25, 0.3) is 0 Å². The van der Waals surface area contributed by atoms with E-state index in [9.17, 15) is 0 Å². The van der Waals surface area contributed by atoms with Gasteiger partial charge in [-0.25, -0.2) is 9.97 Å². The molecule has 0 saturated carbocycles. The summed E-state index contributed by atoms with van der Waals surface area (Å²) < 4.78 is 0. The Hall–Kier alpha value is -2.12. The molecule has 0 radical (unpaired) electrons. The van der Waals surface area contributed by atoms with Crippen molar-refractivity contribution in [2.24, 2.45) is 0 Å². The second-order valence-electron chi connectivity index (χ2n) is 6.79. The van der Waals surface area contributed by atoms with Crippen molar-refractivity contribution < 1.29 is 0 Å². The van der Waals surface area contributed by atoms with Gasteiger partial charge in [-0.1, -0.05) is 11.6 Å². The Labute approximate surface area is 159 Å². The molecule has 26 heavy (non-hydrogen) atoms. The van der Waals surface area contributed by atoms with Crippen LogP contribution in [0, 0.1) is 0 Å². The highest BCUT2D eigenvalue weighted by atomic mass is 35.5. The lowest BCUT2D eigenvalue weighted by atomic mass is 10.3. The van der Waals surface area contributed by atoms with E-state index >= 15 is 0 Å². The highest BCUT2D eigenvalue weighted by Gasteiger charge is 2.22. The quantitative estimate of drug-likeness (QED) is 0.810. The lowest BCUT2D eigenvalue weighted by molar-refractivity contribution is 0.311. The van der Waals surface area contributed by atoms with Gasteiger partial charge in [-0.15, -0.1) is 0 Å². The van der Waals surface area contributed by atoms with Crippen molar-refractivity contribution in [3.05, 3.63) is 35.6 Å². The SMILES string of the molecule is CN1CCN(c2nccc(N3CCN(c4ncccc4Cl)CC3)n2)CC1. The molecular formula is C18H24ClN7. The maximum absolute atomic E-state index is 6.28. The average molecular weight is 374 g/mol. The number of piperazine rings is 2. The topological polar surface area (TPSA) is 51.6 Å². The Morgan fingerprint density at radius 2 is 1.50 bits per heavy atom. The van der Waals surface area contributed by atoms with E-state index in [2.05, 4.69) is 36.6 Å². The summed E-state index contributed by atoms with van der Waals surface area (Å²) in [4.78, 5) is 22.9. The number of hydrogen-bond donors (Lipinski definition) is 0. The van der Waals surface area contributed by atoms with E-state index in [-0.39, 0.29) is 0 Å². The van der Waals surface area contributed by atoms with Crippen molar-refractivity contribution in [2.45, 2.75) is 0 Å². The molecule has 138 valence electrons. The smallest absolute Gasteiger partial charge is 0.227 e. The zero-order chi connectivity index (χ0) is 17.9. The number of hydrogen-bond acceptors (Lipinski definition) is 7. The number of nitrogens with zero attached hydrogens (tertiary/aromatic N) is 7. The maximum atomic E-state index is 6.28. The first-order chi connectivity index (χ1) is 12.7. The number of halogens is 1. The van der Waals surface area contributed by atoms with Crippen LogP contribution in [0.5, 0.6) is 0 Å². The molecule has 0 N–H and O–H groups in total. The van der Waals surface area contributed by atoms with Crippen LogP contribution in [-0.2, 0) is 0 Å². The van der Waals surface area contributed by atoms with E-state index in [0.29, 0.717) is 5.02 Å². The Kier molecular flexibility index (Phi) is 5.08. The summed E-state index contributed by atoms with van der Waals surface area (Å²) in [6.45, 7) is 7.61. The van der Waals surface area contributed by atoms with Gasteiger partial charge in [-0.05, 0) is 25.2 Å². The predicted octanol–water partition coefficient (Wildman–Crippen LogP) is 1.60. The summed E-state index contributed by atoms with van der Waals surface area (Å²) in [5.74, 6) is 2.71. The fraction of sp³-hybridized carbons (Fsp3) is 0.500. The molecule has 2 saturated heterocycles. The fourth-order valence-corrected chi connectivity index (χ4v) is 3.67. The number of anilines is 3. The number of likely N-dealkylation sites (N-methyl/N-ethyl adjacent to an activating group) is 1. The lowest BCUT2D eigenvalue weighted by Crippen LogP contribution is -2.47. The predicted molar refractivity (Wildman–Crippen MR) is 105 cm³/mol. The summed E-state index contributed by atoms with van der Waals surface area (Å²) in [5, 5.41) is 0.709. The third-order valence-corrected chi connectivity index (χ3v) is 5.35. The van der Waals surface area contributed by atoms with E-state index in [0.717, 1.165) is 69.9 Å². The molecule has 2 fully saturated rings. The highest BCUT2D eigenvalue weighted by Crippen LogP contribution is 2.25. The van der Waals surface area contributed by atoms with Gasteiger partial charge in [0.2, 0.25) is 5.95 Å². The van der Waals surface area contributed by atoms with Crippen LogP contribution in [0.2, 0.25) is 5.02 Å². The van der Waals surface area contributed by atoms with Crippen molar-refractivity contribution in [3.63, 3.8) is 0 Å². The van der Waals surface area contributed by atoms with Crippen molar-refractivity contribution >= 4 is 29.2 Å². The van der Waals surface area contributed by atoms with Crippen LogP contribution in [0.3, 0.4) is 0 Å². The number of aromatic nitrogens is 3. The maximum Gasteiger partial charge on any atom is 0.227 e. The molecule has 4 rings (SSSR count). The van der Waals surface area contributed by atoms with Gasteiger partial charge in [0, 0.05) is 64.8 Å². The average Bonchev–Trinajstić information content (AvgIpc) is 2.69. The second-order valence-corrected chi connectivity index (χ2v) is 7.20. The zero-order valence-corrected chi connectivity index (χ0v) is 15.8. The molecular weight excluding hydrogens is 350 g/mol. The molecule has 0 unspecified atom stereocenters. The third kappa shape index (κ3) is 3.68. The van der Waals surface area contributed by atoms with Crippen LogP contribution in [0.4, 0.5) is 17.6 Å². The minimum atomic E-state index is 0.709. The molecule has 0 aliphatic carbocycles. The van der Waals surface area contributed by atoms with Crippen molar-refractivity contribution in [1.82, 2.24) is 19.9 Å². The molecule has 0 aromatic carbocycles. The van der Waals surface area contributed by atoms with E-state index in [1.165, 1.54) is 0 Å². The Morgan fingerprint density at radius 1 is 0.808 bits per heavy atom. The third-order valence-electron chi connectivity index (χ3n) is 5.06. The summed E-state index contributed by atoms with van der Waals surface area (Å²) in [5.41, 5.74) is 0. The molecule has 0 atom stereocenters. The molecule has 2 aromatic rings. The monoisotopic (exact) mass is 373 g/mol. The molecule has 2 aliphatic rings. The van der Waals surface area contributed by atoms with Crippen LogP contribution in [-0.4, -0.2) is 79.3 Å². The highest BCUT2D eigenvalue weighted by molar-refractivity contribution is 6.32. The summed E-state index contributed by atoms with van der Waals surface area (Å²) >= 11 is 6.28. The molecule has 8 heteroatoms. The standard InChI is InChI=1S/C18H24ClN7/c1-23-7-9-26(10-8-23)18-21-6-4-16(22-18)24-11-13-25(14-12-24)17-15(19)3-2-5-20-17/h2-6H,7-14H2,1H3. The van der Waals surface area contributed by atoms with E-state index in [1.54, 1.807) is 6.20 Å². The van der Waals surface area contributed by atoms with Gasteiger partial charge in [0.1, 0.15) is 11.6 Å². The first-order valence-corrected chi connectivity index (χ1v) is 9.45. The Morgan fingerprint density at radius 3 is 2.23 bits per heavy atom. The van der Waals surface area contributed by atoms with Crippen molar-refractivity contribution in [1.29, 1.82) is 0 Å². The van der Waals surface area contributed by atoms with Gasteiger partial charge in [0.05, 0.1) is 5.02 Å². The minimum Gasteiger partial charge on any atom is -0.353 e. The first-order valence-electron chi connectivity index (χ1n) is 9.08. The molecule has 0 bridgehead atoms. The van der Waals surface area contributed by atoms with Gasteiger partial charge >= 0.3 is 0 Å². The molecule has 0 amide bonds. The fourth-order valence-electron chi connectivity index (χ4n) is 3.43. The van der Waals surface area contributed by atoms with Gasteiger partial charge in [0.25, 0.3) is 0 Å². The van der Waals surface area contributed by atoms with Gasteiger partial charge in [-0.2, -0.15) is 4.98 Å². The van der Waals surface area contributed by atoms with Crippen LogP contribution < -0.4 is 14.7 Å². The van der Waals surface area contributed by atoms with Crippen molar-refractivity contribution in [3.8, 4) is 0 Å². The van der Waals surface area contributed by atoms with Crippen LogP contribution in [0.15, 0.2) is 30.6 Å². The number of rotatable bonds is 3. The summed E-state index contributed by atoms with van der Waals surface area (Å²) in [6, 6.07) is 5.76. The van der Waals surface area contributed by atoms with Crippen LogP contribution in [0.1, 0.15) is 0 Å². The largest absolute Gasteiger partial charge is 0.353 e. The number of pyridine rings is 1. The molecule has 7 nitrogen and oxygen atoms in total. The van der Waals surface area contributed by atoms with E-state index < -0.39 is 0 Å². The minimum absolute atomic E-state index is 0.709. The zero-order valence-electron chi connectivity index (χ0n) is 15.1. The normalized spacial score (nSPS) is 19.1. The summed E-state index contributed by atoms with van der Waals surface area (Å²) in [7, 11) is 2.15. The molecule has 4 heterocycles. The second kappa shape index (κ2) is 7.63. The van der Waals surface area contributed by atoms with Gasteiger partial charge < -0.3 is 19.6 Å². The Bertz CT molecular complexity index is 740. The van der Waals surface area contributed by atoms with Crippen LogP contribution >= 0.6 is 11.6 Å². The van der Waals surface area contributed by atoms with E-state index in [1.807, 2.05) is 24.4 Å². The van der Waals surface area contributed by atoms with Crippen molar-refractivity contribution in [2.75, 3.05) is 74.1 Å². The lowest BCUT2D eigenvalue weighted by Gasteiger charge is -2.37. The summed E-state index contributed by atoms with van der Waals surface area (Å²) in [6.07, 6.45) is 3.66. The molecule has 2 aliphatic heterocycles. The molecule has 0 spiro atoms. The van der Waals surface area contributed by atoms with Gasteiger partial charge in [-0.3, -0.25) is 0 Å². The van der Waals surface area contributed by atoms with Gasteiger partial charge in [0.15, 0.2) is 0 Å². The Balaban J connectivity index is 1.42. The van der Waals surface area contributed by atoms with E-state index in [4.69, 9.17) is 16.6 Å². The molecule has 2 aromatic heterocycles.